The van der Waals surface area contributed by atoms with Crippen LogP contribution in [-0.2, 0) is 9.59 Å². The van der Waals surface area contributed by atoms with Crippen molar-refractivity contribution in [3.8, 4) is 11.6 Å². The number of hydrogen-bond donors (Lipinski definition) is 6. The van der Waals surface area contributed by atoms with Crippen molar-refractivity contribution in [2.24, 2.45) is 4.99 Å². The van der Waals surface area contributed by atoms with Crippen molar-refractivity contribution in [2.45, 2.75) is 17.7 Å². The molecule has 5 rings (SSSR count). The van der Waals surface area contributed by atoms with Crippen molar-refractivity contribution in [3.63, 3.8) is 0 Å². The highest BCUT2D eigenvalue weighted by Crippen LogP contribution is 2.35. The summed E-state index contributed by atoms with van der Waals surface area (Å²) < 4.78 is 5.10. The minimum Gasteiger partial charge on any atom is -0.497 e. The Balaban J connectivity index is 1.42. The molecule has 0 saturated carbocycles. The van der Waals surface area contributed by atoms with Gasteiger partial charge in [-0.3, -0.25) is 24.4 Å². The number of carbonyl (C=O) groups excluding carboxylic acids is 2. The van der Waals surface area contributed by atoms with E-state index in [4.69, 9.17) is 4.74 Å². The first-order valence-corrected chi connectivity index (χ1v) is 12.3. The number of aromatic amines is 3. The Hall–Kier alpha value is -4.78. The SMILES string of the molecule is COc1ccc(NC(=O)CC2SC(=NC(c3c(O)[nH]c(=O)[nH]c3=O)c3c[nH]c4ccccc34)NC2=O)cc1. The van der Waals surface area contributed by atoms with Gasteiger partial charge in [0.15, 0.2) is 5.17 Å². The second kappa shape index (κ2) is 10.3. The van der Waals surface area contributed by atoms with E-state index in [1.54, 1.807) is 37.6 Å². The summed E-state index contributed by atoms with van der Waals surface area (Å²) >= 11 is 1.04. The van der Waals surface area contributed by atoms with E-state index >= 15 is 0 Å². The first-order valence-electron chi connectivity index (χ1n) is 11.4. The number of aromatic nitrogens is 3. The molecular formula is C25H22N6O6S. The zero-order valence-electron chi connectivity index (χ0n) is 19.9. The number of aromatic hydroxyl groups is 1. The number of methoxy groups -OCH3 is 1. The summed E-state index contributed by atoms with van der Waals surface area (Å²) in [5, 5.41) is 16.0. The number of benzene rings is 2. The van der Waals surface area contributed by atoms with Crippen LogP contribution in [-0.4, -0.2) is 49.4 Å². The molecule has 0 radical (unpaired) electrons. The zero-order chi connectivity index (χ0) is 26.8. The quantitative estimate of drug-likeness (QED) is 0.209. The molecule has 2 amide bonds. The normalized spacial score (nSPS) is 16.9. The van der Waals surface area contributed by atoms with E-state index < -0.39 is 34.3 Å². The lowest BCUT2D eigenvalue weighted by Gasteiger charge is -2.13. The first-order chi connectivity index (χ1) is 18.3. The molecule has 0 bridgehead atoms. The van der Waals surface area contributed by atoms with E-state index in [0.29, 0.717) is 17.0 Å². The van der Waals surface area contributed by atoms with Crippen LogP contribution < -0.4 is 26.6 Å². The van der Waals surface area contributed by atoms with Gasteiger partial charge in [-0.15, -0.1) is 0 Å². The molecule has 2 unspecified atom stereocenters. The van der Waals surface area contributed by atoms with E-state index in [1.807, 2.05) is 24.3 Å². The lowest BCUT2D eigenvalue weighted by atomic mass is 10.0. The van der Waals surface area contributed by atoms with Gasteiger partial charge in [0, 0.05) is 34.8 Å². The van der Waals surface area contributed by atoms with E-state index in [9.17, 15) is 24.3 Å². The molecule has 4 aromatic rings. The van der Waals surface area contributed by atoms with Crippen molar-refractivity contribution >= 4 is 45.3 Å². The molecule has 3 heterocycles. The van der Waals surface area contributed by atoms with Gasteiger partial charge >= 0.3 is 5.69 Å². The fraction of sp³-hybridized carbons (Fsp3) is 0.160. The summed E-state index contributed by atoms with van der Waals surface area (Å²) in [7, 11) is 1.54. The van der Waals surface area contributed by atoms with Gasteiger partial charge in [-0.05, 0) is 30.3 Å². The maximum atomic E-state index is 12.7. The molecule has 6 N–H and O–H groups in total. The Bertz CT molecular complexity index is 1670. The molecule has 194 valence electrons. The molecule has 38 heavy (non-hydrogen) atoms. The van der Waals surface area contributed by atoms with Crippen LogP contribution in [0.3, 0.4) is 0 Å². The predicted octanol–water partition coefficient (Wildman–Crippen LogP) is 1.96. The number of H-pyrrole nitrogens is 3. The monoisotopic (exact) mass is 534 g/mol. The molecule has 1 aliphatic rings. The van der Waals surface area contributed by atoms with Crippen molar-refractivity contribution < 1.29 is 19.4 Å². The Morgan fingerprint density at radius 1 is 1.13 bits per heavy atom. The van der Waals surface area contributed by atoms with Crippen LogP contribution in [0.15, 0.2) is 69.3 Å². The topological polar surface area (TPSA) is 182 Å². The number of nitrogens with zero attached hydrogens (tertiary/aromatic N) is 1. The van der Waals surface area contributed by atoms with E-state index in [0.717, 1.165) is 22.7 Å². The van der Waals surface area contributed by atoms with Crippen molar-refractivity contribution in [2.75, 3.05) is 12.4 Å². The van der Waals surface area contributed by atoms with Crippen LogP contribution in [0.4, 0.5) is 5.69 Å². The second-order valence-corrected chi connectivity index (χ2v) is 9.56. The number of ether oxygens (including phenoxy) is 1. The molecule has 13 heteroatoms. The fourth-order valence-electron chi connectivity index (χ4n) is 4.12. The Morgan fingerprint density at radius 2 is 1.89 bits per heavy atom. The molecule has 12 nitrogen and oxygen atoms in total. The number of para-hydroxylation sites is 1. The van der Waals surface area contributed by atoms with E-state index in [-0.39, 0.29) is 23.1 Å². The van der Waals surface area contributed by atoms with Gasteiger partial charge in [0.2, 0.25) is 17.7 Å². The molecule has 2 atom stereocenters. The number of amides is 2. The summed E-state index contributed by atoms with van der Waals surface area (Å²) in [6.07, 6.45) is 1.52. The summed E-state index contributed by atoms with van der Waals surface area (Å²) in [5.41, 5.74) is -0.0259. The minimum atomic E-state index is -1.08. The number of aliphatic imine (C=N–C) groups is 1. The fourth-order valence-corrected chi connectivity index (χ4v) is 5.12. The highest BCUT2D eigenvalue weighted by molar-refractivity contribution is 8.15. The maximum absolute atomic E-state index is 12.7. The van der Waals surface area contributed by atoms with Gasteiger partial charge in [0.25, 0.3) is 5.56 Å². The average Bonchev–Trinajstić information content (AvgIpc) is 3.46. The van der Waals surface area contributed by atoms with Crippen LogP contribution in [0.5, 0.6) is 11.6 Å². The third-order valence-electron chi connectivity index (χ3n) is 5.92. The Morgan fingerprint density at radius 3 is 2.63 bits per heavy atom. The molecule has 1 aliphatic heterocycles. The number of rotatable bonds is 7. The summed E-state index contributed by atoms with van der Waals surface area (Å²) in [6.45, 7) is 0. The van der Waals surface area contributed by atoms with E-state index in [2.05, 4.69) is 30.6 Å². The van der Waals surface area contributed by atoms with Crippen LogP contribution in [0.25, 0.3) is 10.9 Å². The number of nitrogens with one attached hydrogen (secondary N) is 5. The van der Waals surface area contributed by atoms with Crippen molar-refractivity contribution in [1.29, 1.82) is 0 Å². The lowest BCUT2D eigenvalue weighted by Crippen LogP contribution is -2.29. The zero-order valence-corrected chi connectivity index (χ0v) is 20.7. The molecule has 1 fully saturated rings. The predicted molar refractivity (Wildman–Crippen MR) is 143 cm³/mol. The summed E-state index contributed by atoms with van der Waals surface area (Å²) in [5.74, 6) is -0.780. The number of anilines is 1. The van der Waals surface area contributed by atoms with Crippen molar-refractivity contribution in [1.82, 2.24) is 20.3 Å². The highest BCUT2D eigenvalue weighted by Gasteiger charge is 2.34. The van der Waals surface area contributed by atoms with Crippen LogP contribution in [0.2, 0.25) is 0 Å². The third-order valence-corrected chi connectivity index (χ3v) is 7.01. The van der Waals surface area contributed by atoms with Gasteiger partial charge in [0.1, 0.15) is 22.6 Å². The van der Waals surface area contributed by atoms with Gasteiger partial charge < -0.3 is 25.5 Å². The third kappa shape index (κ3) is 5.04. The largest absolute Gasteiger partial charge is 0.497 e. The van der Waals surface area contributed by atoms with Crippen LogP contribution in [0, 0.1) is 0 Å². The second-order valence-electron chi connectivity index (χ2n) is 8.37. The summed E-state index contributed by atoms with van der Waals surface area (Å²) in [6, 6.07) is 13.0. The standard InChI is InChI=1S/C25H22N6O6S/c1-37-13-8-6-12(7-9-13)27-18(32)10-17-21(33)31-25(38-17)28-20(19-22(34)29-24(36)30-23(19)35)15-11-26-16-5-3-2-4-14(15)16/h2-9,11,17,20,26H,10H2,1H3,(H,27,32)(H,28,31,33)(H3,29,30,34,35,36). The average molecular weight is 535 g/mol. The molecule has 1 saturated heterocycles. The van der Waals surface area contributed by atoms with Crippen molar-refractivity contribution in [3.05, 3.63) is 86.7 Å². The Kier molecular flexibility index (Phi) is 6.75. The first kappa shape index (κ1) is 24.9. The van der Waals surface area contributed by atoms with Crippen LogP contribution >= 0.6 is 11.8 Å². The number of carbonyl (C=O) groups is 2. The van der Waals surface area contributed by atoms with Gasteiger partial charge in [0.05, 0.1) is 7.11 Å². The molecule has 2 aromatic heterocycles. The smallest absolute Gasteiger partial charge is 0.328 e. The molecular weight excluding hydrogens is 512 g/mol. The molecule has 0 aliphatic carbocycles. The van der Waals surface area contributed by atoms with Gasteiger partial charge in [-0.1, -0.05) is 30.0 Å². The molecule has 0 spiro atoms. The highest BCUT2D eigenvalue weighted by atomic mass is 32.2. The number of fused-ring (bicyclic) bond motifs is 1. The number of hydrogen-bond acceptors (Lipinski definition) is 8. The minimum absolute atomic E-state index is 0.121. The van der Waals surface area contributed by atoms with Gasteiger partial charge in [-0.2, -0.15) is 0 Å². The summed E-state index contributed by atoms with van der Waals surface area (Å²) in [4.78, 5) is 61.6. The lowest BCUT2D eigenvalue weighted by molar-refractivity contribution is -0.122. The van der Waals surface area contributed by atoms with Gasteiger partial charge in [-0.25, -0.2) is 9.79 Å². The number of amidine groups is 1. The van der Waals surface area contributed by atoms with E-state index in [1.165, 1.54) is 0 Å². The number of thioether (sulfide) groups is 1. The maximum Gasteiger partial charge on any atom is 0.328 e. The Labute approximate surface area is 218 Å². The van der Waals surface area contributed by atoms with Crippen LogP contribution in [0.1, 0.15) is 23.6 Å². The molecule has 2 aromatic carbocycles.